The predicted octanol–water partition coefficient (Wildman–Crippen LogP) is 2.29. The summed E-state index contributed by atoms with van der Waals surface area (Å²) in [6.45, 7) is 7.82. The molecule has 0 saturated heterocycles. The summed E-state index contributed by atoms with van der Waals surface area (Å²) < 4.78 is 5.39. The standard InChI is InChI=1S/C15H25NO3/c1-10(2)14(16-12(4)17)15(18)19-9-13-8-6-5-7-11(13)3/h5-6,10-11,13-14H,7-9H2,1-4H3,(H,16,17). The topological polar surface area (TPSA) is 55.4 Å². The maximum Gasteiger partial charge on any atom is 0.328 e. The van der Waals surface area contributed by atoms with Crippen LogP contribution in [0.15, 0.2) is 12.2 Å². The van der Waals surface area contributed by atoms with Gasteiger partial charge in [0, 0.05) is 6.92 Å². The molecule has 0 heterocycles. The fourth-order valence-corrected chi connectivity index (χ4v) is 2.23. The molecule has 0 saturated carbocycles. The molecular formula is C15H25NO3. The van der Waals surface area contributed by atoms with Crippen LogP contribution in [0, 0.1) is 17.8 Å². The van der Waals surface area contributed by atoms with E-state index in [0.717, 1.165) is 12.8 Å². The van der Waals surface area contributed by atoms with E-state index < -0.39 is 6.04 Å². The minimum atomic E-state index is -0.549. The SMILES string of the molecule is CC(=O)NC(C(=O)OCC1CC=CCC1C)C(C)C. The van der Waals surface area contributed by atoms with Crippen molar-refractivity contribution < 1.29 is 14.3 Å². The van der Waals surface area contributed by atoms with Gasteiger partial charge in [-0.05, 0) is 30.6 Å². The van der Waals surface area contributed by atoms with Gasteiger partial charge in [-0.15, -0.1) is 0 Å². The molecular weight excluding hydrogens is 242 g/mol. The molecule has 1 aliphatic carbocycles. The number of rotatable bonds is 5. The number of amides is 1. The summed E-state index contributed by atoms with van der Waals surface area (Å²) in [7, 11) is 0. The van der Waals surface area contributed by atoms with E-state index in [1.807, 2.05) is 13.8 Å². The minimum Gasteiger partial charge on any atom is -0.464 e. The molecule has 3 unspecified atom stereocenters. The van der Waals surface area contributed by atoms with E-state index in [4.69, 9.17) is 4.74 Å². The lowest BCUT2D eigenvalue weighted by Crippen LogP contribution is -2.45. The minimum absolute atomic E-state index is 0.0278. The highest BCUT2D eigenvalue weighted by molar-refractivity contribution is 5.83. The molecule has 0 aliphatic heterocycles. The number of carbonyl (C=O) groups excluding carboxylic acids is 2. The van der Waals surface area contributed by atoms with Crippen LogP contribution in [0.2, 0.25) is 0 Å². The van der Waals surface area contributed by atoms with Crippen molar-refractivity contribution in [2.24, 2.45) is 17.8 Å². The Labute approximate surface area is 115 Å². The first kappa shape index (κ1) is 15.7. The van der Waals surface area contributed by atoms with Crippen molar-refractivity contribution in [3.8, 4) is 0 Å². The monoisotopic (exact) mass is 267 g/mol. The van der Waals surface area contributed by atoms with Crippen molar-refractivity contribution in [1.29, 1.82) is 0 Å². The molecule has 0 aromatic carbocycles. The lowest BCUT2D eigenvalue weighted by Gasteiger charge is -2.26. The Bertz CT molecular complexity index is 349. The Kier molecular flexibility index (Phi) is 6.06. The highest BCUT2D eigenvalue weighted by atomic mass is 16.5. The average molecular weight is 267 g/mol. The molecule has 0 spiro atoms. The Balaban J connectivity index is 2.48. The van der Waals surface area contributed by atoms with Crippen molar-refractivity contribution in [2.75, 3.05) is 6.61 Å². The molecule has 19 heavy (non-hydrogen) atoms. The average Bonchev–Trinajstić information content (AvgIpc) is 2.34. The number of allylic oxidation sites excluding steroid dienone is 2. The van der Waals surface area contributed by atoms with Crippen LogP contribution in [0.4, 0.5) is 0 Å². The first-order valence-corrected chi connectivity index (χ1v) is 7.00. The van der Waals surface area contributed by atoms with Gasteiger partial charge < -0.3 is 10.1 Å². The second-order valence-corrected chi connectivity index (χ2v) is 5.73. The molecule has 0 fully saturated rings. The molecule has 108 valence electrons. The van der Waals surface area contributed by atoms with Crippen molar-refractivity contribution >= 4 is 11.9 Å². The van der Waals surface area contributed by atoms with Gasteiger partial charge in [-0.3, -0.25) is 4.79 Å². The number of hydrogen-bond donors (Lipinski definition) is 1. The van der Waals surface area contributed by atoms with Gasteiger partial charge in [-0.1, -0.05) is 32.9 Å². The third-order valence-corrected chi connectivity index (χ3v) is 3.64. The van der Waals surface area contributed by atoms with E-state index in [1.54, 1.807) is 0 Å². The van der Waals surface area contributed by atoms with E-state index >= 15 is 0 Å². The van der Waals surface area contributed by atoms with Crippen LogP contribution < -0.4 is 5.32 Å². The smallest absolute Gasteiger partial charge is 0.328 e. The molecule has 0 aromatic rings. The second kappa shape index (κ2) is 7.31. The van der Waals surface area contributed by atoms with Crippen molar-refractivity contribution in [3.63, 3.8) is 0 Å². The van der Waals surface area contributed by atoms with Gasteiger partial charge in [-0.2, -0.15) is 0 Å². The largest absolute Gasteiger partial charge is 0.464 e. The summed E-state index contributed by atoms with van der Waals surface area (Å²) in [6.07, 6.45) is 6.33. The molecule has 0 bridgehead atoms. The summed E-state index contributed by atoms with van der Waals surface area (Å²) in [4.78, 5) is 23.1. The van der Waals surface area contributed by atoms with E-state index in [9.17, 15) is 9.59 Å². The first-order chi connectivity index (χ1) is 8.91. The van der Waals surface area contributed by atoms with Gasteiger partial charge in [-0.25, -0.2) is 4.79 Å². The van der Waals surface area contributed by atoms with Crippen LogP contribution in [0.1, 0.15) is 40.5 Å². The number of hydrogen-bond acceptors (Lipinski definition) is 3. The van der Waals surface area contributed by atoms with Gasteiger partial charge in [0.1, 0.15) is 6.04 Å². The van der Waals surface area contributed by atoms with Crippen molar-refractivity contribution in [2.45, 2.75) is 46.6 Å². The summed E-state index contributed by atoms with van der Waals surface area (Å²) >= 11 is 0. The third kappa shape index (κ3) is 5.05. The zero-order chi connectivity index (χ0) is 14.4. The second-order valence-electron chi connectivity index (χ2n) is 5.73. The quantitative estimate of drug-likeness (QED) is 0.614. The fourth-order valence-electron chi connectivity index (χ4n) is 2.23. The molecule has 1 N–H and O–H groups in total. The number of esters is 1. The van der Waals surface area contributed by atoms with E-state index in [0.29, 0.717) is 18.4 Å². The molecule has 1 rings (SSSR count). The predicted molar refractivity (Wildman–Crippen MR) is 74.4 cm³/mol. The number of carbonyl (C=O) groups is 2. The van der Waals surface area contributed by atoms with E-state index in [1.165, 1.54) is 6.92 Å². The van der Waals surface area contributed by atoms with Crippen LogP contribution in [-0.4, -0.2) is 24.5 Å². The van der Waals surface area contributed by atoms with Gasteiger partial charge in [0.05, 0.1) is 6.61 Å². The van der Waals surface area contributed by atoms with E-state index in [2.05, 4.69) is 24.4 Å². The van der Waals surface area contributed by atoms with Crippen LogP contribution >= 0.6 is 0 Å². The summed E-state index contributed by atoms with van der Waals surface area (Å²) in [6, 6.07) is -0.549. The maximum absolute atomic E-state index is 12.0. The van der Waals surface area contributed by atoms with Gasteiger partial charge in [0.25, 0.3) is 0 Å². The van der Waals surface area contributed by atoms with Crippen LogP contribution in [0.5, 0.6) is 0 Å². The zero-order valence-corrected chi connectivity index (χ0v) is 12.3. The fraction of sp³-hybridized carbons (Fsp3) is 0.733. The van der Waals surface area contributed by atoms with Gasteiger partial charge >= 0.3 is 5.97 Å². The van der Waals surface area contributed by atoms with Crippen molar-refractivity contribution in [1.82, 2.24) is 5.32 Å². The molecule has 3 atom stereocenters. The molecule has 1 amide bonds. The van der Waals surface area contributed by atoms with Gasteiger partial charge in [0.15, 0.2) is 0 Å². The summed E-state index contributed by atoms with van der Waals surface area (Å²) in [5.41, 5.74) is 0. The molecule has 4 nitrogen and oxygen atoms in total. The number of nitrogens with one attached hydrogen (secondary N) is 1. The number of ether oxygens (including phenoxy) is 1. The Hall–Kier alpha value is -1.32. The maximum atomic E-state index is 12.0. The Morgan fingerprint density at radius 1 is 1.32 bits per heavy atom. The highest BCUT2D eigenvalue weighted by Gasteiger charge is 2.26. The highest BCUT2D eigenvalue weighted by Crippen LogP contribution is 2.25. The van der Waals surface area contributed by atoms with Crippen molar-refractivity contribution in [3.05, 3.63) is 12.2 Å². The zero-order valence-electron chi connectivity index (χ0n) is 12.3. The van der Waals surface area contributed by atoms with E-state index in [-0.39, 0.29) is 17.8 Å². The molecule has 0 radical (unpaired) electrons. The third-order valence-electron chi connectivity index (χ3n) is 3.64. The summed E-state index contributed by atoms with van der Waals surface area (Å²) in [5, 5.41) is 2.65. The molecule has 1 aliphatic rings. The Morgan fingerprint density at radius 2 is 1.95 bits per heavy atom. The Morgan fingerprint density at radius 3 is 2.47 bits per heavy atom. The summed E-state index contributed by atoms with van der Waals surface area (Å²) in [5.74, 6) is 0.423. The lowest BCUT2D eigenvalue weighted by atomic mass is 9.85. The normalized spacial score (nSPS) is 24.1. The van der Waals surface area contributed by atoms with Crippen LogP contribution in [-0.2, 0) is 14.3 Å². The molecule has 0 aromatic heterocycles. The first-order valence-electron chi connectivity index (χ1n) is 7.00. The van der Waals surface area contributed by atoms with Crippen LogP contribution in [0.25, 0.3) is 0 Å². The van der Waals surface area contributed by atoms with Crippen LogP contribution in [0.3, 0.4) is 0 Å². The lowest BCUT2D eigenvalue weighted by molar-refractivity contribution is -0.150. The van der Waals surface area contributed by atoms with Gasteiger partial charge in [0.2, 0.25) is 5.91 Å². The molecule has 4 heteroatoms.